The van der Waals surface area contributed by atoms with E-state index < -0.39 is 11.6 Å². The molecule has 0 unspecified atom stereocenters. The van der Waals surface area contributed by atoms with Crippen LogP contribution in [0.2, 0.25) is 5.02 Å². The Balaban J connectivity index is 1.72. The van der Waals surface area contributed by atoms with E-state index in [9.17, 15) is 4.79 Å². The van der Waals surface area contributed by atoms with Crippen molar-refractivity contribution in [3.05, 3.63) is 101 Å². The molecule has 5 rings (SSSR count). The fourth-order valence-corrected chi connectivity index (χ4v) is 5.90. The first-order valence-corrected chi connectivity index (χ1v) is 15.1. The molecule has 0 N–H and O–H groups in total. The van der Waals surface area contributed by atoms with Crippen molar-refractivity contribution in [2.75, 3.05) is 38.3 Å². The third-order valence-electron chi connectivity index (χ3n) is 7.95. The van der Waals surface area contributed by atoms with Crippen LogP contribution in [0.1, 0.15) is 62.3 Å². The first kappa shape index (κ1) is 29.9. The molecule has 0 amide bonds. The maximum Gasteiger partial charge on any atom is 0.338 e. The Morgan fingerprint density at radius 2 is 1.62 bits per heavy atom. The van der Waals surface area contributed by atoms with E-state index >= 15 is 0 Å². The zero-order valence-electron chi connectivity index (χ0n) is 25.0. The molecule has 1 saturated heterocycles. The van der Waals surface area contributed by atoms with Crippen molar-refractivity contribution < 1.29 is 19.0 Å². The highest BCUT2D eigenvalue weighted by atomic mass is 35.5. The standard InChI is InChI=1S/C36H40ClNO4/c1-24(35(39)42-36(2,3)4)29-11-6-7-12-30(29)33(26-13-15-27(16-14-26)38-19-21-41-22-20-38)34(25-9-8-10-25)31-18-17-28(40-5)23-32(31)37/h6-7,11-18,23,25H,1,8-10,19-22H2,2-5H3/b34-33+. The number of anilines is 1. The van der Waals surface area contributed by atoms with Crippen LogP contribution in [-0.2, 0) is 14.3 Å². The lowest BCUT2D eigenvalue weighted by molar-refractivity contribution is -0.147. The first-order valence-electron chi connectivity index (χ1n) is 14.7. The van der Waals surface area contributed by atoms with E-state index in [1.54, 1.807) is 7.11 Å². The third-order valence-corrected chi connectivity index (χ3v) is 8.26. The molecule has 0 aromatic heterocycles. The van der Waals surface area contributed by atoms with Crippen LogP contribution in [0.3, 0.4) is 0 Å². The number of methoxy groups -OCH3 is 1. The predicted octanol–water partition coefficient (Wildman–Crippen LogP) is 8.30. The van der Waals surface area contributed by atoms with E-state index in [-0.39, 0.29) is 0 Å². The van der Waals surface area contributed by atoms with Crippen LogP contribution in [-0.4, -0.2) is 45.0 Å². The highest BCUT2D eigenvalue weighted by Gasteiger charge is 2.30. The molecule has 6 heteroatoms. The summed E-state index contributed by atoms with van der Waals surface area (Å²) >= 11 is 6.97. The third kappa shape index (κ3) is 6.58. The summed E-state index contributed by atoms with van der Waals surface area (Å²) in [4.78, 5) is 15.6. The number of hydrogen-bond acceptors (Lipinski definition) is 5. The summed E-state index contributed by atoms with van der Waals surface area (Å²) in [7, 11) is 1.65. The van der Waals surface area contributed by atoms with Gasteiger partial charge in [-0.1, -0.05) is 61.0 Å². The van der Waals surface area contributed by atoms with Gasteiger partial charge >= 0.3 is 5.97 Å². The number of ether oxygens (including phenoxy) is 3. The number of halogens is 1. The maximum atomic E-state index is 13.3. The number of benzene rings is 3. The summed E-state index contributed by atoms with van der Waals surface area (Å²) < 4.78 is 16.8. The Morgan fingerprint density at radius 1 is 0.952 bits per heavy atom. The van der Waals surface area contributed by atoms with Crippen LogP contribution in [0.4, 0.5) is 5.69 Å². The predicted molar refractivity (Wildman–Crippen MR) is 172 cm³/mol. The van der Waals surface area contributed by atoms with Crippen LogP contribution < -0.4 is 9.64 Å². The Kier molecular flexibility index (Phi) is 9.10. The highest BCUT2D eigenvalue weighted by molar-refractivity contribution is 6.33. The van der Waals surface area contributed by atoms with Crippen molar-refractivity contribution in [1.29, 1.82) is 0 Å². The Bertz CT molecular complexity index is 1470. The van der Waals surface area contributed by atoms with Gasteiger partial charge in [0.25, 0.3) is 0 Å². The average molecular weight is 586 g/mol. The number of rotatable bonds is 8. The average Bonchev–Trinajstić information content (AvgIpc) is 2.95. The molecule has 0 bridgehead atoms. The molecule has 1 aliphatic heterocycles. The van der Waals surface area contributed by atoms with E-state index in [0.717, 1.165) is 73.4 Å². The number of carbonyl (C=O) groups is 1. The van der Waals surface area contributed by atoms with Crippen LogP contribution >= 0.6 is 11.6 Å². The summed E-state index contributed by atoms with van der Waals surface area (Å²) in [6.45, 7) is 13.0. The highest BCUT2D eigenvalue weighted by Crippen LogP contribution is 2.48. The first-order chi connectivity index (χ1) is 20.2. The molecular formula is C36H40ClNO4. The molecule has 2 fully saturated rings. The minimum absolute atomic E-state index is 0.327. The minimum Gasteiger partial charge on any atom is -0.497 e. The molecule has 3 aromatic rings. The fourth-order valence-electron chi connectivity index (χ4n) is 5.63. The lowest BCUT2D eigenvalue weighted by Crippen LogP contribution is -2.36. The molecule has 5 nitrogen and oxygen atoms in total. The molecule has 0 atom stereocenters. The van der Waals surface area contributed by atoms with Gasteiger partial charge in [-0.15, -0.1) is 0 Å². The van der Waals surface area contributed by atoms with Crippen LogP contribution in [0.5, 0.6) is 5.75 Å². The minimum atomic E-state index is -0.628. The normalized spacial score (nSPS) is 16.4. The second kappa shape index (κ2) is 12.8. The molecule has 220 valence electrons. The van der Waals surface area contributed by atoms with Gasteiger partial charge in [0.2, 0.25) is 0 Å². The van der Waals surface area contributed by atoms with E-state index in [0.29, 0.717) is 22.3 Å². The number of hydrogen-bond donors (Lipinski definition) is 0. The fraction of sp³-hybridized carbons (Fsp3) is 0.361. The van der Waals surface area contributed by atoms with Gasteiger partial charge in [0, 0.05) is 18.8 Å². The summed E-state index contributed by atoms with van der Waals surface area (Å²) in [6.07, 6.45) is 3.31. The van der Waals surface area contributed by atoms with Gasteiger partial charge in [0.15, 0.2) is 0 Å². The van der Waals surface area contributed by atoms with Gasteiger partial charge in [-0.05, 0) is 103 Å². The smallest absolute Gasteiger partial charge is 0.338 e. The lowest BCUT2D eigenvalue weighted by atomic mass is 9.72. The van der Waals surface area contributed by atoms with E-state index in [2.05, 4.69) is 47.9 Å². The van der Waals surface area contributed by atoms with Crippen molar-refractivity contribution in [3.8, 4) is 5.75 Å². The van der Waals surface area contributed by atoms with Gasteiger partial charge < -0.3 is 19.1 Å². The number of nitrogens with zero attached hydrogens (tertiary/aromatic N) is 1. The van der Waals surface area contributed by atoms with E-state index in [4.69, 9.17) is 25.8 Å². The van der Waals surface area contributed by atoms with Gasteiger partial charge in [-0.25, -0.2) is 4.79 Å². The monoisotopic (exact) mass is 585 g/mol. The van der Waals surface area contributed by atoms with E-state index in [1.165, 1.54) is 11.3 Å². The molecule has 3 aromatic carbocycles. The molecule has 1 aliphatic carbocycles. The van der Waals surface area contributed by atoms with Gasteiger partial charge in [0.05, 0.1) is 30.9 Å². The lowest BCUT2D eigenvalue weighted by Gasteiger charge is -2.33. The molecule has 1 heterocycles. The molecule has 1 saturated carbocycles. The number of morpholine rings is 1. The van der Waals surface area contributed by atoms with Crippen molar-refractivity contribution in [1.82, 2.24) is 0 Å². The summed E-state index contributed by atoms with van der Waals surface area (Å²) in [6, 6.07) is 22.6. The number of esters is 1. The molecule has 0 radical (unpaired) electrons. The zero-order valence-corrected chi connectivity index (χ0v) is 25.8. The van der Waals surface area contributed by atoms with Gasteiger partial charge in [-0.2, -0.15) is 0 Å². The van der Waals surface area contributed by atoms with Crippen molar-refractivity contribution >= 4 is 40.0 Å². The van der Waals surface area contributed by atoms with Crippen molar-refractivity contribution in [3.63, 3.8) is 0 Å². The number of allylic oxidation sites excluding steroid dienone is 1. The summed E-state index contributed by atoms with van der Waals surface area (Å²) in [5.74, 6) is 0.615. The zero-order chi connectivity index (χ0) is 29.9. The largest absolute Gasteiger partial charge is 0.497 e. The Hall–Kier alpha value is -3.54. The molecule has 42 heavy (non-hydrogen) atoms. The van der Waals surface area contributed by atoms with Crippen LogP contribution in [0, 0.1) is 5.92 Å². The molecule has 0 spiro atoms. The summed E-state index contributed by atoms with van der Waals surface area (Å²) in [5, 5.41) is 0.641. The van der Waals surface area contributed by atoms with Crippen molar-refractivity contribution in [2.24, 2.45) is 5.92 Å². The quantitative estimate of drug-likeness (QED) is 0.151. The maximum absolute atomic E-state index is 13.3. The second-order valence-corrected chi connectivity index (χ2v) is 12.3. The SMILES string of the molecule is C=C(C(=O)OC(C)(C)C)c1ccccc1/C(=C(/c1ccc(OC)cc1Cl)C1CCC1)c1ccc(N2CCOCC2)cc1. The topological polar surface area (TPSA) is 48.0 Å². The van der Waals surface area contributed by atoms with E-state index in [1.807, 2.05) is 51.1 Å². The second-order valence-electron chi connectivity index (χ2n) is 11.9. The molecule has 2 aliphatic rings. The van der Waals surface area contributed by atoms with Crippen LogP contribution in [0.25, 0.3) is 16.7 Å². The summed E-state index contributed by atoms with van der Waals surface area (Å²) in [5.41, 5.74) is 6.82. The van der Waals surface area contributed by atoms with Crippen molar-refractivity contribution in [2.45, 2.75) is 45.6 Å². The Morgan fingerprint density at radius 3 is 2.19 bits per heavy atom. The van der Waals surface area contributed by atoms with Gasteiger partial charge in [-0.3, -0.25) is 0 Å². The molecular weight excluding hydrogens is 546 g/mol. The van der Waals surface area contributed by atoms with Gasteiger partial charge in [0.1, 0.15) is 11.4 Å². The Labute approximate surface area is 254 Å². The van der Waals surface area contributed by atoms with Crippen LogP contribution in [0.15, 0.2) is 73.3 Å². The number of carbonyl (C=O) groups excluding carboxylic acids is 1.